The maximum absolute atomic E-state index is 7.60. The molecule has 0 fully saturated rings. The number of benzene rings is 2. The van der Waals surface area contributed by atoms with E-state index in [9.17, 15) is 0 Å². The van der Waals surface area contributed by atoms with Gasteiger partial charge in [0.1, 0.15) is 11.7 Å². The summed E-state index contributed by atoms with van der Waals surface area (Å²) in [6, 6.07) is 21.9. The lowest BCUT2D eigenvalue weighted by molar-refractivity contribution is 0.807. The molecular weight excluding hydrogens is 334 g/mol. The van der Waals surface area contributed by atoms with Crippen molar-refractivity contribution in [1.29, 1.82) is 5.41 Å². The smallest absolute Gasteiger partial charge is 0.140 e. The third-order valence-corrected chi connectivity index (χ3v) is 4.41. The molecule has 3 N–H and O–H groups in total. The van der Waals surface area contributed by atoms with Gasteiger partial charge in [-0.1, -0.05) is 48.5 Å². The SMILES string of the molecule is N=C(N)c1cccc(Cn2ccnc2-c2ccc(-c3ccccn3)cc2)c1. The number of aromatic nitrogens is 3. The Balaban J connectivity index is 1.60. The number of pyridine rings is 1. The normalized spacial score (nSPS) is 10.7. The van der Waals surface area contributed by atoms with Crippen LogP contribution in [0.1, 0.15) is 11.1 Å². The van der Waals surface area contributed by atoms with E-state index in [0.717, 1.165) is 33.8 Å². The lowest BCUT2D eigenvalue weighted by atomic mass is 10.1. The number of rotatable bonds is 5. The van der Waals surface area contributed by atoms with Gasteiger partial charge in [-0.25, -0.2) is 4.98 Å². The van der Waals surface area contributed by atoms with Crippen LogP contribution in [0.2, 0.25) is 0 Å². The van der Waals surface area contributed by atoms with Crippen molar-refractivity contribution in [2.75, 3.05) is 0 Å². The summed E-state index contributed by atoms with van der Waals surface area (Å²) in [6.45, 7) is 0.665. The van der Waals surface area contributed by atoms with Crippen LogP contribution in [0, 0.1) is 5.41 Å². The van der Waals surface area contributed by atoms with Gasteiger partial charge in [0.05, 0.1) is 5.69 Å². The summed E-state index contributed by atoms with van der Waals surface area (Å²) in [6.07, 6.45) is 5.56. The van der Waals surface area contributed by atoms with Crippen LogP contribution in [0.4, 0.5) is 0 Å². The minimum Gasteiger partial charge on any atom is -0.384 e. The highest BCUT2D eigenvalue weighted by atomic mass is 15.1. The lowest BCUT2D eigenvalue weighted by Crippen LogP contribution is -2.11. The molecule has 0 saturated carbocycles. The largest absolute Gasteiger partial charge is 0.384 e. The molecule has 27 heavy (non-hydrogen) atoms. The first-order valence-electron chi connectivity index (χ1n) is 8.67. The topological polar surface area (TPSA) is 80.6 Å². The molecule has 4 rings (SSSR count). The first-order valence-corrected chi connectivity index (χ1v) is 8.67. The van der Waals surface area contributed by atoms with Crippen molar-refractivity contribution >= 4 is 5.84 Å². The van der Waals surface area contributed by atoms with Crippen molar-refractivity contribution in [2.45, 2.75) is 6.54 Å². The minimum absolute atomic E-state index is 0.0767. The van der Waals surface area contributed by atoms with Crippen LogP contribution in [0.3, 0.4) is 0 Å². The summed E-state index contributed by atoms with van der Waals surface area (Å²) in [4.78, 5) is 8.91. The second-order valence-corrected chi connectivity index (χ2v) is 6.29. The summed E-state index contributed by atoms with van der Waals surface area (Å²) in [7, 11) is 0. The Morgan fingerprint density at radius 3 is 2.44 bits per heavy atom. The molecule has 5 heteroatoms. The monoisotopic (exact) mass is 353 g/mol. The summed E-state index contributed by atoms with van der Waals surface area (Å²) >= 11 is 0. The van der Waals surface area contributed by atoms with E-state index >= 15 is 0 Å². The molecule has 0 bridgehead atoms. The van der Waals surface area contributed by atoms with E-state index in [2.05, 4.69) is 38.8 Å². The molecule has 5 nitrogen and oxygen atoms in total. The molecule has 0 unspecified atom stereocenters. The fourth-order valence-corrected chi connectivity index (χ4v) is 3.05. The number of hydrogen-bond donors (Lipinski definition) is 2. The number of nitrogens with one attached hydrogen (secondary N) is 1. The standard InChI is InChI=1S/C22H19N5/c23-21(24)19-5-3-4-16(14-19)15-27-13-12-26-22(27)18-9-7-17(8-10-18)20-6-1-2-11-25-20/h1-14H,15H2,(H3,23,24). The van der Waals surface area contributed by atoms with Crippen LogP contribution in [-0.2, 0) is 6.54 Å². The van der Waals surface area contributed by atoms with Gasteiger partial charge in [0.2, 0.25) is 0 Å². The quantitative estimate of drug-likeness (QED) is 0.421. The molecule has 0 radical (unpaired) electrons. The van der Waals surface area contributed by atoms with E-state index in [1.165, 1.54) is 0 Å². The summed E-state index contributed by atoms with van der Waals surface area (Å²) in [5.74, 6) is 0.976. The molecule has 0 spiro atoms. The van der Waals surface area contributed by atoms with Gasteiger partial charge in [0, 0.05) is 41.8 Å². The molecular formula is C22H19N5. The zero-order valence-corrected chi connectivity index (χ0v) is 14.7. The van der Waals surface area contributed by atoms with E-state index in [1.54, 1.807) is 12.4 Å². The Labute approximate surface area is 157 Å². The van der Waals surface area contributed by atoms with Crippen molar-refractivity contribution in [3.63, 3.8) is 0 Å². The number of nitrogen functional groups attached to an aromatic ring is 1. The Kier molecular flexibility index (Phi) is 4.49. The molecule has 0 atom stereocenters. The first-order chi connectivity index (χ1) is 13.2. The van der Waals surface area contributed by atoms with Gasteiger partial charge in [0.15, 0.2) is 0 Å². The molecule has 0 aliphatic heterocycles. The van der Waals surface area contributed by atoms with Crippen LogP contribution >= 0.6 is 0 Å². The maximum atomic E-state index is 7.60. The van der Waals surface area contributed by atoms with E-state index in [0.29, 0.717) is 6.54 Å². The predicted octanol–water partition coefficient (Wildman–Crippen LogP) is 3.94. The molecule has 0 saturated heterocycles. The number of nitrogens with zero attached hydrogens (tertiary/aromatic N) is 3. The summed E-state index contributed by atoms with van der Waals surface area (Å²) in [5.41, 5.74) is 10.5. The van der Waals surface area contributed by atoms with Crippen LogP contribution < -0.4 is 5.73 Å². The average molecular weight is 353 g/mol. The minimum atomic E-state index is 0.0767. The van der Waals surface area contributed by atoms with Crippen LogP contribution in [0.5, 0.6) is 0 Å². The molecule has 2 heterocycles. The van der Waals surface area contributed by atoms with E-state index in [1.807, 2.05) is 48.7 Å². The number of imidazole rings is 1. The van der Waals surface area contributed by atoms with E-state index in [-0.39, 0.29) is 5.84 Å². The van der Waals surface area contributed by atoms with Crippen molar-refractivity contribution < 1.29 is 0 Å². The Hall–Kier alpha value is -3.73. The second-order valence-electron chi connectivity index (χ2n) is 6.29. The third kappa shape index (κ3) is 3.62. The fraction of sp³-hybridized carbons (Fsp3) is 0.0455. The van der Waals surface area contributed by atoms with Gasteiger partial charge in [-0.15, -0.1) is 0 Å². The van der Waals surface area contributed by atoms with Gasteiger partial charge >= 0.3 is 0 Å². The van der Waals surface area contributed by atoms with Crippen LogP contribution in [0.15, 0.2) is 85.3 Å². The zero-order valence-electron chi connectivity index (χ0n) is 14.7. The van der Waals surface area contributed by atoms with Crippen LogP contribution in [-0.4, -0.2) is 20.4 Å². The van der Waals surface area contributed by atoms with Crippen LogP contribution in [0.25, 0.3) is 22.6 Å². The average Bonchev–Trinajstić information content (AvgIpc) is 3.17. The number of amidine groups is 1. The predicted molar refractivity (Wildman–Crippen MR) is 107 cm³/mol. The van der Waals surface area contributed by atoms with Crippen molar-refractivity contribution in [3.05, 3.63) is 96.4 Å². The van der Waals surface area contributed by atoms with Crippen molar-refractivity contribution in [1.82, 2.24) is 14.5 Å². The highest BCUT2D eigenvalue weighted by Gasteiger charge is 2.08. The lowest BCUT2D eigenvalue weighted by Gasteiger charge is -2.10. The number of nitrogens with two attached hydrogens (primary N) is 1. The highest BCUT2D eigenvalue weighted by Crippen LogP contribution is 2.23. The maximum Gasteiger partial charge on any atom is 0.140 e. The third-order valence-electron chi connectivity index (χ3n) is 4.41. The van der Waals surface area contributed by atoms with Gasteiger partial charge < -0.3 is 10.3 Å². The molecule has 0 aliphatic carbocycles. The Morgan fingerprint density at radius 1 is 0.889 bits per heavy atom. The fourth-order valence-electron chi connectivity index (χ4n) is 3.05. The van der Waals surface area contributed by atoms with Gasteiger partial charge in [0.25, 0.3) is 0 Å². The van der Waals surface area contributed by atoms with Gasteiger partial charge in [-0.2, -0.15) is 0 Å². The Morgan fingerprint density at radius 2 is 1.70 bits per heavy atom. The summed E-state index contributed by atoms with van der Waals surface area (Å²) < 4.78 is 2.09. The second kappa shape index (κ2) is 7.25. The van der Waals surface area contributed by atoms with Gasteiger partial charge in [-0.3, -0.25) is 10.4 Å². The van der Waals surface area contributed by atoms with E-state index < -0.39 is 0 Å². The van der Waals surface area contributed by atoms with Crippen molar-refractivity contribution in [2.24, 2.45) is 5.73 Å². The van der Waals surface area contributed by atoms with Gasteiger partial charge in [-0.05, 0) is 23.8 Å². The number of hydrogen-bond acceptors (Lipinski definition) is 3. The van der Waals surface area contributed by atoms with E-state index in [4.69, 9.17) is 11.1 Å². The Bertz CT molecular complexity index is 1070. The molecule has 132 valence electrons. The van der Waals surface area contributed by atoms with Crippen molar-refractivity contribution in [3.8, 4) is 22.6 Å². The molecule has 2 aromatic heterocycles. The molecule has 4 aromatic rings. The first kappa shape index (κ1) is 16.7. The highest BCUT2D eigenvalue weighted by molar-refractivity contribution is 5.95. The molecule has 0 amide bonds. The zero-order chi connectivity index (χ0) is 18.6. The molecule has 0 aliphatic rings. The molecule has 2 aromatic carbocycles. The summed E-state index contributed by atoms with van der Waals surface area (Å²) in [5, 5.41) is 7.60.